The molecule has 0 aliphatic carbocycles. The van der Waals surface area contributed by atoms with Crippen LogP contribution in [0.25, 0.3) is 5.57 Å². The monoisotopic (exact) mass is 428 g/mol. The molecule has 0 heterocycles. The van der Waals surface area contributed by atoms with Gasteiger partial charge < -0.3 is 9.68 Å². The van der Waals surface area contributed by atoms with E-state index in [2.05, 4.69) is 81.9 Å². The average Bonchev–Trinajstić information content (AvgIpc) is 2.58. The lowest BCUT2D eigenvalue weighted by Gasteiger charge is -2.33. The molecule has 0 saturated carbocycles. The Labute approximate surface area is 190 Å². The van der Waals surface area contributed by atoms with Gasteiger partial charge in [-0.15, -0.1) is 0 Å². The van der Waals surface area contributed by atoms with Crippen molar-refractivity contribution in [2.45, 2.75) is 93.9 Å². The molecule has 0 amide bonds. The first kappa shape index (κ1) is 27.0. The molecule has 174 valence electrons. The van der Waals surface area contributed by atoms with Crippen LogP contribution in [-0.2, 0) is 15.7 Å². The third kappa shape index (κ3) is 5.61. The second-order valence-electron chi connectivity index (χ2n) is 11.5. The van der Waals surface area contributed by atoms with Crippen LogP contribution in [-0.4, -0.2) is 0 Å². The topological polar surface area (TPSA) is 70.5 Å². The highest BCUT2D eigenvalue weighted by atomic mass is 16.6. The van der Waals surface area contributed by atoms with Gasteiger partial charge in [0, 0.05) is 16.7 Å². The number of benzene rings is 1. The average molecular weight is 429 g/mol. The zero-order valence-corrected chi connectivity index (χ0v) is 21.8. The first-order chi connectivity index (χ1) is 13.9. The lowest BCUT2D eigenvalue weighted by Crippen LogP contribution is -2.23. The molecule has 0 bridgehead atoms. The van der Waals surface area contributed by atoms with Gasteiger partial charge in [0.25, 0.3) is 0 Å². The molecule has 0 aliphatic rings. The number of rotatable bonds is 5. The lowest BCUT2D eigenvalue weighted by atomic mass is 9.74. The van der Waals surface area contributed by atoms with E-state index in [0.717, 1.165) is 33.4 Å². The summed E-state index contributed by atoms with van der Waals surface area (Å²) in [4.78, 5) is 11.2. The van der Waals surface area contributed by atoms with E-state index < -0.39 is 0 Å². The van der Waals surface area contributed by atoms with Crippen LogP contribution in [0.5, 0.6) is 5.75 Å². The third-order valence-electron chi connectivity index (χ3n) is 5.64. The van der Waals surface area contributed by atoms with E-state index in [-0.39, 0.29) is 16.2 Å². The standard InChI is InChI=1S/C27H44N2O2/c1-14-18(25(5,6)7)23(30-28)21(16(2)3)22-17(4)19(26(8,9)10)15-20(24(22)31-29)27(11,12)13/h14-15H,2,28-29H2,1,3-13H3/b18-14+,23-21-. The summed E-state index contributed by atoms with van der Waals surface area (Å²) in [5.74, 6) is 13.0. The smallest absolute Gasteiger partial charge is 0.158 e. The maximum atomic E-state index is 5.91. The van der Waals surface area contributed by atoms with Crippen LogP contribution >= 0.6 is 0 Å². The van der Waals surface area contributed by atoms with Gasteiger partial charge in [-0.2, -0.15) is 11.8 Å². The molecule has 0 aliphatic heterocycles. The van der Waals surface area contributed by atoms with Crippen molar-refractivity contribution in [1.82, 2.24) is 0 Å². The van der Waals surface area contributed by atoms with Crippen molar-refractivity contribution < 1.29 is 9.68 Å². The van der Waals surface area contributed by atoms with Gasteiger partial charge in [-0.1, -0.05) is 81.0 Å². The highest BCUT2D eigenvalue weighted by Crippen LogP contribution is 2.47. The number of hydrogen-bond acceptors (Lipinski definition) is 4. The minimum atomic E-state index is -0.186. The van der Waals surface area contributed by atoms with E-state index in [1.807, 2.05) is 19.9 Å². The molecule has 0 radical (unpaired) electrons. The second kappa shape index (κ2) is 9.22. The second-order valence-corrected chi connectivity index (χ2v) is 11.5. The molecule has 1 aromatic rings. The molecule has 0 atom stereocenters. The fourth-order valence-electron chi connectivity index (χ4n) is 4.20. The van der Waals surface area contributed by atoms with Crippen molar-refractivity contribution in [2.24, 2.45) is 17.2 Å². The third-order valence-corrected chi connectivity index (χ3v) is 5.64. The van der Waals surface area contributed by atoms with E-state index in [1.54, 1.807) is 0 Å². The van der Waals surface area contributed by atoms with Gasteiger partial charge in [0.15, 0.2) is 11.5 Å². The molecule has 4 heteroatoms. The SMILES string of the molecule is C=C(C)/C(=C(ON)\C(=C/C)C(C)(C)C)c1c(C)c(C(C)(C)C)cc(C(C)(C)C)c1ON. The van der Waals surface area contributed by atoms with Crippen molar-refractivity contribution in [3.8, 4) is 5.75 Å². The quantitative estimate of drug-likeness (QED) is 0.300. The van der Waals surface area contributed by atoms with Crippen LogP contribution in [0.15, 0.2) is 35.6 Å². The molecule has 0 saturated heterocycles. The zero-order valence-electron chi connectivity index (χ0n) is 21.8. The Kier molecular flexibility index (Phi) is 8.02. The summed E-state index contributed by atoms with van der Waals surface area (Å²) in [5, 5.41) is 0. The number of nitrogens with two attached hydrogens (primary N) is 2. The summed E-state index contributed by atoms with van der Waals surface area (Å²) in [6, 6.07) is 2.22. The van der Waals surface area contributed by atoms with Crippen LogP contribution < -0.4 is 16.6 Å². The zero-order chi connectivity index (χ0) is 24.5. The Morgan fingerprint density at radius 1 is 0.935 bits per heavy atom. The Hall–Kier alpha value is -2.04. The van der Waals surface area contributed by atoms with Gasteiger partial charge in [0.2, 0.25) is 0 Å². The van der Waals surface area contributed by atoms with Crippen molar-refractivity contribution >= 4 is 5.57 Å². The lowest BCUT2D eigenvalue weighted by molar-refractivity contribution is 0.219. The molecule has 0 unspecified atom stereocenters. The van der Waals surface area contributed by atoms with E-state index in [4.69, 9.17) is 21.5 Å². The first-order valence-corrected chi connectivity index (χ1v) is 10.9. The fourth-order valence-corrected chi connectivity index (χ4v) is 4.20. The molecule has 4 N–H and O–H groups in total. The molecular weight excluding hydrogens is 384 g/mol. The maximum absolute atomic E-state index is 5.91. The van der Waals surface area contributed by atoms with Crippen molar-refractivity contribution in [1.29, 1.82) is 0 Å². The summed E-state index contributed by atoms with van der Waals surface area (Å²) in [6.07, 6.45) is 2.04. The molecule has 1 aromatic carbocycles. The minimum absolute atomic E-state index is 0.0800. The van der Waals surface area contributed by atoms with Gasteiger partial charge in [-0.3, -0.25) is 0 Å². The Morgan fingerprint density at radius 3 is 1.71 bits per heavy atom. The summed E-state index contributed by atoms with van der Waals surface area (Å²) in [5.41, 5.74) is 6.42. The van der Waals surface area contributed by atoms with Gasteiger partial charge in [-0.05, 0) is 59.3 Å². The number of hydrogen-bond donors (Lipinski definition) is 2. The van der Waals surface area contributed by atoms with Crippen molar-refractivity contribution in [2.75, 3.05) is 0 Å². The van der Waals surface area contributed by atoms with Crippen molar-refractivity contribution in [3.63, 3.8) is 0 Å². The van der Waals surface area contributed by atoms with Gasteiger partial charge in [0.05, 0.1) is 0 Å². The van der Waals surface area contributed by atoms with Gasteiger partial charge in [0.1, 0.15) is 0 Å². The molecular formula is C27H44N2O2. The largest absolute Gasteiger partial charge is 0.411 e. The Balaban J connectivity index is 4.41. The van der Waals surface area contributed by atoms with Crippen molar-refractivity contribution in [3.05, 3.63) is 57.9 Å². The minimum Gasteiger partial charge on any atom is -0.411 e. The predicted molar refractivity (Wildman–Crippen MR) is 134 cm³/mol. The summed E-state index contributed by atoms with van der Waals surface area (Å²) in [7, 11) is 0. The first-order valence-electron chi connectivity index (χ1n) is 10.9. The van der Waals surface area contributed by atoms with E-state index in [9.17, 15) is 0 Å². The van der Waals surface area contributed by atoms with Gasteiger partial charge >= 0.3 is 0 Å². The highest BCUT2D eigenvalue weighted by molar-refractivity contribution is 5.88. The van der Waals surface area contributed by atoms with Crippen LogP contribution in [0, 0.1) is 12.3 Å². The molecule has 4 nitrogen and oxygen atoms in total. The summed E-state index contributed by atoms with van der Waals surface area (Å²) in [6.45, 7) is 29.9. The highest BCUT2D eigenvalue weighted by Gasteiger charge is 2.33. The predicted octanol–water partition coefficient (Wildman–Crippen LogP) is 7.01. The Morgan fingerprint density at radius 2 is 1.42 bits per heavy atom. The summed E-state index contributed by atoms with van der Waals surface area (Å²) < 4.78 is 0. The normalized spacial score (nSPS) is 14.3. The molecule has 0 fully saturated rings. The van der Waals surface area contributed by atoms with Crippen LogP contribution in [0.3, 0.4) is 0 Å². The van der Waals surface area contributed by atoms with Crippen LogP contribution in [0.2, 0.25) is 0 Å². The molecule has 0 aromatic heterocycles. The van der Waals surface area contributed by atoms with Crippen LogP contribution in [0.4, 0.5) is 0 Å². The van der Waals surface area contributed by atoms with Crippen LogP contribution in [0.1, 0.15) is 98.4 Å². The molecule has 31 heavy (non-hydrogen) atoms. The van der Waals surface area contributed by atoms with E-state index in [1.165, 1.54) is 5.56 Å². The Bertz CT molecular complexity index is 899. The maximum Gasteiger partial charge on any atom is 0.158 e. The fraction of sp³-hybridized carbons (Fsp3) is 0.556. The molecule has 1 rings (SSSR count). The molecule has 0 spiro atoms. The number of allylic oxidation sites excluding steroid dienone is 4. The summed E-state index contributed by atoms with van der Waals surface area (Å²) >= 11 is 0. The van der Waals surface area contributed by atoms with E-state index >= 15 is 0 Å². The van der Waals surface area contributed by atoms with E-state index in [0.29, 0.717) is 11.5 Å². The van der Waals surface area contributed by atoms with Gasteiger partial charge in [-0.25, -0.2) is 0 Å².